The molecule has 1 saturated carbocycles. The van der Waals surface area contributed by atoms with Crippen LogP contribution < -0.4 is 5.73 Å². The monoisotopic (exact) mass is 203 g/mol. The van der Waals surface area contributed by atoms with Crippen LogP contribution in [0.4, 0.5) is 0 Å². The van der Waals surface area contributed by atoms with Crippen molar-refractivity contribution in [3.63, 3.8) is 0 Å². The van der Waals surface area contributed by atoms with Gasteiger partial charge in [0.25, 0.3) is 0 Å². The Balaban J connectivity index is 1.77. The summed E-state index contributed by atoms with van der Waals surface area (Å²) in [4.78, 5) is 0. The van der Waals surface area contributed by atoms with E-state index in [1.807, 2.05) is 0 Å². The Morgan fingerprint density at radius 2 is 1.80 bits per heavy atom. The predicted molar refractivity (Wildman–Crippen MR) is 64.7 cm³/mol. The molecule has 1 aliphatic rings. The number of hydrogen-bond donors (Lipinski definition) is 1. The molecule has 0 aliphatic heterocycles. The highest BCUT2D eigenvalue weighted by molar-refractivity contribution is 5.14. The van der Waals surface area contributed by atoms with E-state index < -0.39 is 0 Å². The Morgan fingerprint density at radius 1 is 1.13 bits per heavy atom. The number of hydrogen-bond acceptors (Lipinski definition) is 1. The van der Waals surface area contributed by atoms with E-state index >= 15 is 0 Å². The van der Waals surface area contributed by atoms with Crippen LogP contribution in [0.3, 0.4) is 0 Å². The summed E-state index contributed by atoms with van der Waals surface area (Å²) in [6.07, 6.45) is 7.78. The van der Waals surface area contributed by atoms with E-state index in [4.69, 9.17) is 5.73 Å². The van der Waals surface area contributed by atoms with Gasteiger partial charge in [0.1, 0.15) is 0 Å². The largest absolute Gasteiger partial charge is 0.327 e. The number of benzene rings is 1. The van der Waals surface area contributed by atoms with E-state index in [0.717, 1.165) is 18.8 Å². The Morgan fingerprint density at radius 3 is 2.47 bits per heavy atom. The molecule has 2 N–H and O–H groups in total. The lowest BCUT2D eigenvalue weighted by Crippen LogP contribution is -2.28. The SMILES string of the molecule is NC(CCc1ccccc1)C1CCCC1. The van der Waals surface area contributed by atoms with E-state index in [1.165, 1.54) is 31.2 Å². The highest BCUT2D eigenvalue weighted by Gasteiger charge is 2.21. The van der Waals surface area contributed by atoms with Crippen molar-refractivity contribution >= 4 is 0 Å². The van der Waals surface area contributed by atoms with Gasteiger partial charge >= 0.3 is 0 Å². The van der Waals surface area contributed by atoms with Gasteiger partial charge in [0.2, 0.25) is 0 Å². The van der Waals surface area contributed by atoms with Crippen molar-refractivity contribution in [2.45, 2.75) is 44.6 Å². The molecule has 1 aliphatic carbocycles. The lowest BCUT2D eigenvalue weighted by atomic mass is 9.93. The van der Waals surface area contributed by atoms with Gasteiger partial charge in [-0.3, -0.25) is 0 Å². The van der Waals surface area contributed by atoms with Crippen molar-refractivity contribution in [1.82, 2.24) is 0 Å². The van der Waals surface area contributed by atoms with Crippen molar-refractivity contribution in [2.75, 3.05) is 0 Å². The maximum Gasteiger partial charge on any atom is 0.00703 e. The Hall–Kier alpha value is -0.820. The van der Waals surface area contributed by atoms with E-state index in [1.54, 1.807) is 0 Å². The molecule has 1 heteroatoms. The molecular weight excluding hydrogens is 182 g/mol. The van der Waals surface area contributed by atoms with Crippen molar-refractivity contribution in [2.24, 2.45) is 11.7 Å². The third kappa shape index (κ3) is 3.07. The first-order valence-corrected chi connectivity index (χ1v) is 6.16. The van der Waals surface area contributed by atoms with Crippen LogP contribution >= 0.6 is 0 Å². The lowest BCUT2D eigenvalue weighted by molar-refractivity contribution is 0.410. The molecule has 0 radical (unpaired) electrons. The second kappa shape index (κ2) is 5.32. The Bertz CT molecular complexity index is 275. The molecule has 82 valence electrons. The summed E-state index contributed by atoms with van der Waals surface area (Å²) >= 11 is 0. The van der Waals surface area contributed by atoms with Gasteiger partial charge in [-0.05, 0) is 37.2 Å². The molecule has 0 heterocycles. The molecular formula is C14H21N. The van der Waals surface area contributed by atoms with Gasteiger partial charge in [0, 0.05) is 6.04 Å². The van der Waals surface area contributed by atoms with Gasteiger partial charge in [0.05, 0.1) is 0 Å². The summed E-state index contributed by atoms with van der Waals surface area (Å²) in [7, 11) is 0. The second-order valence-corrected chi connectivity index (χ2v) is 4.73. The molecule has 0 saturated heterocycles. The highest BCUT2D eigenvalue weighted by Crippen LogP contribution is 2.28. The van der Waals surface area contributed by atoms with Crippen LogP contribution in [0.1, 0.15) is 37.7 Å². The highest BCUT2D eigenvalue weighted by atomic mass is 14.6. The average molecular weight is 203 g/mol. The molecule has 1 unspecified atom stereocenters. The van der Waals surface area contributed by atoms with Crippen LogP contribution in [0.15, 0.2) is 30.3 Å². The zero-order valence-electron chi connectivity index (χ0n) is 9.36. The molecule has 0 spiro atoms. The molecule has 15 heavy (non-hydrogen) atoms. The molecule has 1 atom stereocenters. The van der Waals surface area contributed by atoms with Crippen LogP contribution in [0.5, 0.6) is 0 Å². The van der Waals surface area contributed by atoms with E-state index in [9.17, 15) is 0 Å². The quantitative estimate of drug-likeness (QED) is 0.799. The molecule has 1 nitrogen and oxygen atoms in total. The third-order valence-electron chi connectivity index (χ3n) is 3.61. The molecule has 0 amide bonds. The summed E-state index contributed by atoms with van der Waals surface area (Å²) in [6.45, 7) is 0. The van der Waals surface area contributed by atoms with Gasteiger partial charge in [0.15, 0.2) is 0 Å². The summed E-state index contributed by atoms with van der Waals surface area (Å²) in [5, 5.41) is 0. The van der Waals surface area contributed by atoms with Gasteiger partial charge in [-0.2, -0.15) is 0 Å². The summed E-state index contributed by atoms with van der Waals surface area (Å²) in [6, 6.07) is 11.1. The number of nitrogens with two attached hydrogens (primary N) is 1. The van der Waals surface area contributed by atoms with Gasteiger partial charge in [-0.15, -0.1) is 0 Å². The molecule has 2 rings (SSSR count). The van der Waals surface area contributed by atoms with Gasteiger partial charge in [-0.1, -0.05) is 43.2 Å². The topological polar surface area (TPSA) is 26.0 Å². The molecule has 0 bridgehead atoms. The fourth-order valence-corrected chi connectivity index (χ4v) is 2.60. The first-order chi connectivity index (χ1) is 7.36. The van der Waals surface area contributed by atoms with Crippen molar-refractivity contribution in [1.29, 1.82) is 0 Å². The average Bonchev–Trinajstić information content (AvgIpc) is 2.81. The lowest BCUT2D eigenvalue weighted by Gasteiger charge is -2.18. The van der Waals surface area contributed by atoms with E-state index in [0.29, 0.717) is 6.04 Å². The number of rotatable bonds is 4. The first kappa shape index (κ1) is 10.7. The maximum atomic E-state index is 6.23. The predicted octanol–water partition coefficient (Wildman–Crippen LogP) is 3.14. The number of aryl methyl sites for hydroxylation is 1. The van der Waals surface area contributed by atoms with E-state index in [2.05, 4.69) is 30.3 Å². The van der Waals surface area contributed by atoms with Gasteiger partial charge < -0.3 is 5.73 Å². The minimum Gasteiger partial charge on any atom is -0.327 e. The van der Waals surface area contributed by atoms with E-state index in [-0.39, 0.29) is 0 Å². The van der Waals surface area contributed by atoms with Crippen molar-refractivity contribution < 1.29 is 0 Å². The van der Waals surface area contributed by atoms with Crippen molar-refractivity contribution in [3.05, 3.63) is 35.9 Å². The van der Waals surface area contributed by atoms with Crippen LogP contribution in [0.25, 0.3) is 0 Å². The third-order valence-corrected chi connectivity index (χ3v) is 3.61. The summed E-state index contributed by atoms with van der Waals surface area (Å²) < 4.78 is 0. The Kier molecular flexibility index (Phi) is 3.79. The maximum absolute atomic E-state index is 6.23. The molecule has 0 aromatic heterocycles. The van der Waals surface area contributed by atoms with Gasteiger partial charge in [-0.25, -0.2) is 0 Å². The van der Waals surface area contributed by atoms with Crippen molar-refractivity contribution in [3.8, 4) is 0 Å². The first-order valence-electron chi connectivity index (χ1n) is 6.16. The summed E-state index contributed by atoms with van der Waals surface area (Å²) in [5.41, 5.74) is 7.65. The molecule has 1 aromatic carbocycles. The molecule has 1 fully saturated rings. The summed E-state index contributed by atoms with van der Waals surface area (Å²) in [5.74, 6) is 0.800. The fraction of sp³-hybridized carbons (Fsp3) is 0.571. The van der Waals surface area contributed by atoms with Crippen LogP contribution in [0, 0.1) is 5.92 Å². The second-order valence-electron chi connectivity index (χ2n) is 4.73. The molecule has 1 aromatic rings. The smallest absolute Gasteiger partial charge is 0.00703 e. The normalized spacial score (nSPS) is 19.3. The fourth-order valence-electron chi connectivity index (χ4n) is 2.60. The van der Waals surface area contributed by atoms with Crippen LogP contribution in [0.2, 0.25) is 0 Å². The zero-order valence-corrected chi connectivity index (χ0v) is 9.36. The standard InChI is InChI=1S/C14H21N/c15-14(13-8-4-5-9-13)11-10-12-6-2-1-3-7-12/h1-3,6-7,13-14H,4-5,8-11,15H2. The Labute approximate surface area is 92.7 Å². The zero-order chi connectivity index (χ0) is 10.5. The minimum absolute atomic E-state index is 0.424. The van der Waals surface area contributed by atoms with Crippen LogP contribution in [-0.4, -0.2) is 6.04 Å². The minimum atomic E-state index is 0.424. The van der Waals surface area contributed by atoms with Crippen LogP contribution in [-0.2, 0) is 6.42 Å².